The van der Waals surface area contributed by atoms with Crippen LogP contribution in [0.3, 0.4) is 0 Å². The molecule has 1 aliphatic rings. The van der Waals surface area contributed by atoms with Gasteiger partial charge < -0.3 is 15.3 Å². The summed E-state index contributed by atoms with van der Waals surface area (Å²) in [6, 6.07) is -0.0737. The first kappa shape index (κ1) is 18.2. The third-order valence-electron chi connectivity index (χ3n) is 4.32. The van der Waals surface area contributed by atoms with Gasteiger partial charge in [-0.25, -0.2) is 9.78 Å². The van der Waals surface area contributed by atoms with Gasteiger partial charge >= 0.3 is 6.03 Å². The number of nitrogens with zero attached hydrogens (tertiary/aromatic N) is 2. The first-order chi connectivity index (χ1) is 10.8. The highest BCUT2D eigenvalue weighted by molar-refractivity contribution is 7.09. The molecule has 1 aromatic rings. The first-order valence-electron chi connectivity index (χ1n) is 8.39. The Morgan fingerprint density at radius 1 is 1.48 bits per heavy atom. The van der Waals surface area contributed by atoms with E-state index in [0.29, 0.717) is 13.1 Å². The fourth-order valence-corrected chi connectivity index (χ4v) is 3.81. The average molecular weight is 340 g/mol. The van der Waals surface area contributed by atoms with Crippen molar-refractivity contribution in [2.24, 2.45) is 5.92 Å². The quantitative estimate of drug-likeness (QED) is 0.867. The number of aliphatic hydroxyl groups is 1. The second-order valence-electron chi connectivity index (χ2n) is 7.51. The minimum Gasteiger partial charge on any atom is -0.393 e. The van der Waals surface area contributed by atoms with Crippen LogP contribution in [0.2, 0.25) is 0 Å². The fraction of sp³-hybridized carbons (Fsp3) is 0.765. The number of hydrogen-bond donors (Lipinski definition) is 2. The number of thiazole rings is 1. The highest BCUT2D eigenvalue weighted by Crippen LogP contribution is 2.26. The molecule has 0 radical (unpaired) electrons. The van der Waals surface area contributed by atoms with Crippen molar-refractivity contribution in [3.63, 3.8) is 0 Å². The SMILES string of the molecule is CN(CC1CCCC1O)C(=O)NCCc1csc(C(C)(C)C)n1. The second-order valence-corrected chi connectivity index (χ2v) is 8.37. The molecule has 130 valence electrons. The molecule has 0 aromatic carbocycles. The summed E-state index contributed by atoms with van der Waals surface area (Å²) in [6.07, 6.45) is 3.42. The molecule has 5 nitrogen and oxygen atoms in total. The Labute approximate surface area is 143 Å². The number of carbonyl (C=O) groups excluding carboxylic acids is 1. The molecule has 2 amide bonds. The molecule has 0 aliphatic heterocycles. The van der Waals surface area contributed by atoms with Crippen LogP contribution < -0.4 is 5.32 Å². The van der Waals surface area contributed by atoms with Crippen LogP contribution in [0.4, 0.5) is 4.79 Å². The summed E-state index contributed by atoms with van der Waals surface area (Å²) in [4.78, 5) is 18.4. The van der Waals surface area contributed by atoms with Crippen molar-refractivity contribution in [2.45, 2.75) is 58.0 Å². The van der Waals surface area contributed by atoms with Crippen LogP contribution in [0.15, 0.2) is 5.38 Å². The average Bonchev–Trinajstić information content (AvgIpc) is 3.08. The summed E-state index contributed by atoms with van der Waals surface area (Å²) in [5.41, 5.74) is 1.11. The number of carbonyl (C=O) groups is 1. The van der Waals surface area contributed by atoms with E-state index >= 15 is 0 Å². The number of nitrogens with one attached hydrogen (secondary N) is 1. The predicted octanol–water partition coefficient (Wildman–Crippen LogP) is 2.79. The minimum absolute atomic E-state index is 0.0737. The van der Waals surface area contributed by atoms with Gasteiger partial charge in [0.15, 0.2) is 0 Å². The van der Waals surface area contributed by atoms with Gasteiger partial charge in [-0.1, -0.05) is 27.2 Å². The van der Waals surface area contributed by atoms with Gasteiger partial charge in [0.1, 0.15) is 0 Å². The molecule has 1 fully saturated rings. The van der Waals surface area contributed by atoms with E-state index < -0.39 is 0 Å². The normalized spacial score (nSPS) is 21.4. The predicted molar refractivity (Wildman–Crippen MR) is 93.9 cm³/mol. The lowest BCUT2D eigenvalue weighted by molar-refractivity contribution is 0.114. The molecule has 1 saturated carbocycles. The maximum absolute atomic E-state index is 12.1. The number of hydrogen-bond acceptors (Lipinski definition) is 4. The first-order valence-corrected chi connectivity index (χ1v) is 9.27. The Hall–Kier alpha value is -1.14. The maximum atomic E-state index is 12.1. The van der Waals surface area contributed by atoms with Crippen molar-refractivity contribution in [2.75, 3.05) is 20.1 Å². The number of amides is 2. The summed E-state index contributed by atoms with van der Waals surface area (Å²) < 4.78 is 0. The lowest BCUT2D eigenvalue weighted by Crippen LogP contribution is -2.41. The van der Waals surface area contributed by atoms with E-state index in [4.69, 9.17) is 0 Å². The molecule has 6 heteroatoms. The van der Waals surface area contributed by atoms with Crippen molar-refractivity contribution < 1.29 is 9.90 Å². The molecule has 23 heavy (non-hydrogen) atoms. The van der Waals surface area contributed by atoms with Crippen LogP contribution in [-0.2, 0) is 11.8 Å². The van der Waals surface area contributed by atoms with Gasteiger partial charge in [-0.3, -0.25) is 0 Å². The molecule has 0 bridgehead atoms. The fourth-order valence-electron chi connectivity index (χ4n) is 2.86. The third-order valence-corrected chi connectivity index (χ3v) is 5.64. The van der Waals surface area contributed by atoms with Crippen molar-refractivity contribution in [3.05, 3.63) is 16.1 Å². The zero-order valence-electron chi connectivity index (χ0n) is 14.6. The van der Waals surface area contributed by atoms with Crippen molar-refractivity contribution >= 4 is 17.4 Å². The lowest BCUT2D eigenvalue weighted by Gasteiger charge is -2.23. The number of rotatable bonds is 5. The molecule has 0 spiro atoms. The van der Waals surface area contributed by atoms with E-state index in [0.717, 1.165) is 36.4 Å². The molecular weight excluding hydrogens is 310 g/mol. The van der Waals surface area contributed by atoms with Crippen molar-refractivity contribution in [3.8, 4) is 0 Å². The molecule has 2 atom stereocenters. The Bertz CT molecular complexity index is 524. The van der Waals surface area contributed by atoms with Crippen LogP contribution >= 0.6 is 11.3 Å². The molecule has 1 aliphatic carbocycles. The molecular formula is C17H29N3O2S. The molecule has 2 rings (SSSR count). The smallest absolute Gasteiger partial charge is 0.317 e. The lowest BCUT2D eigenvalue weighted by atomic mass is 9.98. The van der Waals surface area contributed by atoms with Crippen molar-refractivity contribution in [1.82, 2.24) is 15.2 Å². The van der Waals surface area contributed by atoms with E-state index in [2.05, 4.69) is 36.5 Å². The summed E-state index contributed by atoms with van der Waals surface area (Å²) in [6.45, 7) is 7.68. The van der Waals surface area contributed by atoms with Crippen LogP contribution in [0.5, 0.6) is 0 Å². The highest BCUT2D eigenvalue weighted by atomic mass is 32.1. The Kier molecular flexibility index (Phi) is 6.03. The van der Waals surface area contributed by atoms with Crippen LogP contribution in [-0.4, -0.2) is 47.3 Å². The largest absolute Gasteiger partial charge is 0.393 e. The van der Waals surface area contributed by atoms with Crippen molar-refractivity contribution in [1.29, 1.82) is 0 Å². The molecule has 2 unspecified atom stereocenters. The van der Waals surface area contributed by atoms with Gasteiger partial charge in [0.2, 0.25) is 0 Å². The zero-order valence-corrected chi connectivity index (χ0v) is 15.4. The van der Waals surface area contributed by atoms with Gasteiger partial charge in [0.05, 0.1) is 16.8 Å². The van der Waals surface area contributed by atoms with Gasteiger partial charge in [-0.2, -0.15) is 0 Å². The van der Waals surface area contributed by atoms with Crippen LogP contribution in [0.25, 0.3) is 0 Å². The van der Waals surface area contributed by atoms with E-state index in [1.54, 1.807) is 23.3 Å². The summed E-state index contributed by atoms with van der Waals surface area (Å²) in [7, 11) is 1.79. The number of aromatic nitrogens is 1. The molecule has 1 aromatic heterocycles. The van der Waals surface area contributed by atoms with Gasteiger partial charge in [-0.15, -0.1) is 11.3 Å². The monoisotopic (exact) mass is 339 g/mol. The Balaban J connectivity index is 1.72. The van der Waals surface area contributed by atoms with Gasteiger partial charge in [0, 0.05) is 43.3 Å². The number of urea groups is 1. The van der Waals surface area contributed by atoms with Gasteiger partial charge in [0.25, 0.3) is 0 Å². The van der Waals surface area contributed by atoms with E-state index in [1.807, 2.05) is 0 Å². The van der Waals surface area contributed by atoms with Gasteiger partial charge in [-0.05, 0) is 12.8 Å². The minimum atomic E-state index is -0.254. The summed E-state index contributed by atoms with van der Waals surface area (Å²) in [5.74, 6) is 0.221. The molecule has 0 saturated heterocycles. The Morgan fingerprint density at radius 2 is 2.22 bits per heavy atom. The highest BCUT2D eigenvalue weighted by Gasteiger charge is 2.27. The maximum Gasteiger partial charge on any atom is 0.317 e. The Morgan fingerprint density at radius 3 is 2.78 bits per heavy atom. The van der Waals surface area contributed by atoms with E-state index in [9.17, 15) is 9.90 Å². The van der Waals surface area contributed by atoms with Crippen LogP contribution in [0, 0.1) is 5.92 Å². The molecule has 1 heterocycles. The summed E-state index contributed by atoms with van der Waals surface area (Å²) in [5, 5.41) is 16.0. The third kappa shape index (κ3) is 5.18. The van der Waals surface area contributed by atoms with Crippen LogP contribution in [0.1, 0.15) is 50.7 Å². The topological polar surface area (TPSA) is 65.5 Å². The number of aliphatic hydroxyl groups excluding tert-OH is 1. The summed E-state index contributed by atoms with van der Waals surface area (Å²) >= 11 is 1.68. The standard InChI is InChI=1S/C17H29N3O2S/c1-17(2,3)15-19-13(11-23-15)8-9-18-16(22)20(4)10-12-6-5-7-14(12)21/h11-12,14,21H,5-10H2,1-4H3,(H,18,22). The second kappa shape index (κ2) is 7.62. The van der Waals surface area contributed by atoms with E-state index in [1.165, 1.54) is 0 Å². The molecule has 2 N–H and O–H groups in total. The zero-order chi connectivity index (χ0) is 17.0. The van der Waals surface area contributed by atoms with E-state index in [-0.39, 0.29) is 23.5 Å².